The van der Waals surface area contributed by atoms with Gasteiger partial charge in [-0.25, -0.2) is 0 Å². The lowest BCUT2D eigenvalue weighted by molar-refractivity contribution is 0.0942. The van der Waals surface area contributed by atoms with Crippen molar-refractivity contribution in [2.75, 3.05) is 6.54 Å². The van der Waals surface area contributed by atoms with Gasteiger partial charge in [-0.3, -0.25) is 4.79 Å². The first-order chi connectivity index (χ1) is 8.41. The average molecular weight is 250 g/mol. The molecule has 0 unspecified atom stereocenters. The van der Waals surface area contributed by atoms with Crippen LogP contribution in [0, 0.1) is 6.92 Å². The van der Waals surface area contributed by atoms with Crippen LogP contribution >= 0.6 is 0 Å². The molecule has 0 fully saturated rings. The molecule has 0 bridgehead atoms. The fourth-order valence-corrected chi connectivity index (χ4v) is 1.61. The van der Waals surface area contributed by atoms with E-state index in [1.165, 1.54) is 6.07 Å². The van der Waals surface area contributed by atoms with Gasteiger partial charge in [0.15, 0.2) is 0 Å². The SMILES string of the molecule is CCC(N)(CC)CNC(=O)c1ccc(C)c(O)c1. The number of nitrogens with one attached hydrogen (secondary N) is 1. The van der Waals surface area contributed by atoms with E-state index in [0.717, 1.165) is 18.4 Å². The minimum atomic E-state index is -0.359. The zero-order valence-electron chi connectivity index (χ0n) is 11.3. The molecule has 0 aliphatic rings. The van der Waals surface area contributed by atoms with Crippen LogP contribution in [0.1, 0.15) is 42.6 Å². The van der Waals surface area contributed by atoms with Crippen molar-refractivity contribution in [3.05, 3.63) is 29.3 Å². The lowest BCUT2D eigenvalue weighted by atomic mass is 9.94. The smallest absolute Gasteiger partial charge is 0.251 e. The Kier molecular flexibility index (Phi) is 4.73. The lowest BCUT2D eigenvalue weighted by Gasteiger charge is -2.26. The van der Waals surface area contributed by atoms with Crippen molar-refractivity contribution >= 4 is 5.91 Å². The number of hydrogen-bond acceptors (Lipinski definition) is 3. The first-order valence-electron chi connectivity index (χ1n) is 6.28. The number of carbonyl (C=O) groups excluding carboxylic acids is 1. The maximum Gasteiger partial charge on any atom is 0.251 e. The summed E-state index contributed by atoms with van der Waals surface area (Å²) >= 11 is 0. The zero-order valence-corrected chi connectivity index (χ0v) is 11.3. The molecule has 4 nitrogen and oxygen atoms in total. The second-order valence-electron chi connectivity index (χ2n) is 4.75. The quantitative estimate of drug-likeness (QED) is 0.747. The van der Waals surface area contributed by atoms with Crippen LogP contribution in [0.2, 0.25) is 0 Å². The third-order valence-electron chi connectivity index (χ3n) is 3.48. The van der Waals surface area contributed by atoms with Crippen LogP contribution in [0.3, 0.4) is 0 Å². The number of phenolic OH excluding ortho intramolecular Hbond substituents is 1. The van der Waals surface area contributed by atoms with Gasteiger partial charge in [-0.05, 0) is 37.5 Å². The molecule has 0 aliphatic heterocycles. The van der Waals surface area contributed by atoms with E-state index in [1.807, 2.05) is 13.8 Å². The fourth-order valence-electron chi connectivity index (χ4n) is 1.61. The third kappa shape index (κ3) is 3.47. The van der Waals surface area contributed by atoms with Gasteiger partial charge in [-0.1, -0.05) is 19.9 Å². The minimum Gasteiger partial charge on any atom is -0.508 e. The van der Waals surface area contributed by atoms with E-state index in [4.69, 9.17) is 5.73 Å². The highest BCUT2D eigenvalue weighted by Gasteiger charge is 2.21. The van der Waals surface area contributed by atoms with E-state index in [1.54, 1.807) is 19.1 Å². The molecule has 0 heterocycles. The summed E-state index contributed by atoms with van der Waals surface area (Å²) in [6.07, 6.45) is 1.62. The summed E-state index contributed by atoms with van der Waals surface area (Å²) in [6, 6.07) is 4.89. The molecule has 0 saturated carbocycles. The first-order valence-corrected chi connectivity index (χ1v) is 6.28. The number of rotatable bonds is 5. The number of phenols is 1. The summed E-state index contributed by atoms with van der Waals surface area (Å²) in [5.74, 6) is -0.0744. The molecule has 1 aromatic rings. The molecule has 0 atom stereocenters. The van der Waals surface area contributed by atoms with Crippen LogP contribution < -0.4 is 11.1 Å². The van der Waals surface area contributed by atoms with Crippen molar-refractivity contribution in [3.8, 4) is 5.75 Å². The molecule has 4 N–H and O–H groups in total. The second-order valence-corrected chi connectivity index (χ2v) is 4.75. The van der Waals surface area contributed by atoms with Crippen LogP contribution in [-0.2, 0) is 0 Å². The summed E-state index contributed by atoms with van der Waals surface area (Å²) in [7, 11) is 0. The summed E-state index contributed by atoms with van der Waals surface area (Å²) < 4.78 is 0. The zero-order chi connectivity index (χ0) is 13.8. The molecule has 1 rings (SSSR count). The number of hydrogen-bond donors (Lipinski definition) is 3. The molecule has 0 spiro atoms. The van der Waals surface area contributed by atoms with E-state index in [-0.39, 0.29) is 17.2 Å². The molecule has 0 radical (unpaired) electrons. The molecule has 1 aromatic carbocycles. The topological polar surface area (TPSA) is 75.3 Å². The van der Waals surface area contributed by atoms with Crippen LogP contribution in [0.25, 0.3) is 0 Å². The Hall–Kier alpha value is -1.55. The Bertz CT molecular complexity index is 426. The fraction of sp³-hybridized carbons (Fsp3) is 0.500. The summed E-state index contributed by atoms with van der Waals surface area (Å²) in [5, 5.41) is 12.4. The lowest BCUT2D eigenvalue weighted by Crippen LogP contribution is -2.49. The highest BCUT2D eigenvalue weighted by Crippen LogP contribution is 2.17. The highest BCUT2D eigenvalue weighted by molar-refractivity contribution is 5.94. The van der Waals surface area contributed by atoms with Crippen LogP contribution in [0.4, 0.5) is 0 Å². The molecular weight excluding hydrogens is 228 g/mol. The van der Waals surface area contributed by atoms with Gasteiger partial charge in [0.1, 0.15) is 5.75 Å². The van der Waals surface area contributed by atoms with Gasteiger partial charge in [-0.15, -0.1) is 0 Å². The molecular formula is C14H22N2O2. The number of aryl methyl sites for hydroxylation is 1. The molecule has 0 saturated heterocycles. The third-order valence-corrected chi connectivity index (χ3v) is 3.48. The average Bonchev–Trinajstić information content (AvgIpc) is 2.38. The number of nitrogens with two attached hydrogens (primary N) is 1. The Morgan fingerprint density at radius 2 is 2.00 bits per heavy atom. The Balaban J connectivity index is 2.68. The van der Waals surface area contributed by atoms with Gasteiger partial charge in [-0.2, -0.15) is 0 Å². The first kappa shape index (κ1) is 14.5. The standard InChI is InChI=1S/C14H22N2O2/c1-4-14(15,5-2)9-16-13(18)11-7-6-10(3)12(17)8-11/h6-8,17H,4-5,9,15H2,1-3H3,(H,16,18). The van der Waals surface area contributed by atoms with Crippen molar-refractivity contribution in [2.45, 2.75) is 39.2 Å². The summed E-state index contributed by atoms with van der Waals surface area (Å²) in [4.78, 5) is 11.9. The van der Waals surface area contributed by atoms with Gasteiger partial charge in [0, 0.05) is 17.6 Å². The van der Waals surface area contributed by atoms with Crippen molar-refractivity contribution < 1.29 is 9.90 Å². The van der Waals surface area contributed by atoms with Crippen molar-refractivity contribution in [3.63, 3.8) is 0 Å². The summed E-state index contributed by atoms with van der Waals surface area (Å²) in [5.41, 5.74) is 6.96. The van der Waals surface area contributed by atoms with Crippen molar-refractivity contribution in [2.24, 2.45) is 5.73 Å². The molecule has 18 heavy (non-hydrogen) atoms. The highest BCUT2D eigenvalue weighted by atomic mass is 16.3. The van der Waals surface area contributed by atoms with E-state index in [2.05, 4.69) is 5.32 Å². The van der Waals surface area contributed by atoms with E-state index < -0.39 is 0 Å². The molecule has 0 aromatic heterocycles. The molecule has 4 heteroatoms. The summed E-state index contributed by atoms with van der Waals surface area (Å²) in [6.45, 7) is 6.24. The number of benzene rings is 1. The van der Waals surface area contributed by atoms with Gasteiger partial charge in [0.25, 0.3) is 5.91 Å². The Morgan fingerprint density at radius 3 is 2.50 bits per heavy atom. The van der Waals surface area contributed by atoms with Gasteiger partial charge >= 0.3 is 0 Å². The largest absolute Gasteiger partial charge is 0.508 e. The Labute approximate surface area is 108 Å². The van der Waals surface area contributed by atoms with E-state index in [0.29, 0.717) is 12.1 Å². The van der Waals surface area contributed by atoms with Crippen molar-refractivity contribution in [1.82, 2.24) is 5.32 Å². The van der Waals surface area contributed by atoms with Gasteiger partial charge < -0.3 is 16.2 Å². The van der Waals surface area contributed by atoms with E-state index in [9.17, 15) is 9.90 Å². The molecule has 1 amide bonds. The molecule has 0 aliphatic carbocycles. The monoisotopic (exact) mass is 250 g/mol. The number of amides is 1. The number of carbonyl (C=O) groups is 1. The van der Waals surface area contributed by atoms with Gasteiger partial charge in [0.2, 0.25) is 0 Å². The van der Waals surface area contributed by atoms with Crippen molar-refractivity contribution in [1.29, 1.82) is 0 Å². The number of aromatic hydroxyl groups is 1. The van der Waals surface area contributed by atoms with E-state index >= 15 is 0 Å². The Morgan fingerprint density at radius 1 is 1.39 bits per heavy atom. The van der Waals surface area contributed by atoms with Crippen LogP contribution in [0.15, 0.2) is 18.2 Å². The maximum atomic E-state index is 11.9. The minimum absolute atomic E-state index is 0.132. The van der Waals surface area contributed by atoms with Crippen LogP contribution in [0.5, 0.6) is 5.75 Å². The van der Waals surface area contributed by atoms with Crippen LogP contribution in [-0.4, -0.2) is 23.1 Å². The normalized spacial score (nSPS) is 11.3. The van der Waals surface area contributed by atoms with Gasteiger partial charge in [0.05, 0.1) is 0 Å². The predicted molar refractivity (Wildman–Crippen MR) is 72.7 cm³/mol. The second kappa shape index (κ2) is 5.87. The maximum absolute atomic E-state index is 11.9. The predicted octanol–water partition coefficient (Wildman–Crippen LogP) is 1.95. The molecule has 100 valence electrons.